The first kappa shape index (κ1) is 16.5. The Morgan fingerprint density at radius 2 is 1.86 bits per heavy atom. The zero-order chi connectivity index (χ0) is 15.9. The molecule has 118 valence electrons. The van der Waals surface area contributed by atoms with Gasteiger partial charge in [0.2, 0.25) is 0 Å². The maximum Gasteiger partial charge on any atom is 0.167 e. The fourth-order valence-corrected chi connectivity index (χ4v) is 2.49. The van der Waals surface area contributed by atoms with Crippen molar-refractivity contribution in [2.24, 2.45) is 0 Å². The van der Waals surface area contributed by atoms with E-state index in [1.54, 1.807) is 19.2 Å². The van der Waals surface area contributed by atoms with Gasteiger partial charge in [-0.2, -0.15) is 0 Å². The van der Waals surface area contributed by atoms with Crippen LogP contribution in [-0.4, -0.2) is 18.8 Å². The minimum absolute atomic E-state index is 0.250. The fraction of sp³-hybridized carbons (Fsp3) is 0.294. The standard InChI is InChI=1S/C17H20BrNO3/c1-3-10-22-17-14(15(18)8-9-16(17)21-2)11-19-12-4-6-13(20)7-5-12/h4-9,19-20H,3,10-11H2,1-2H3. The summed E-state index contributed by atoms with van der Waals surface area (Å²) < 4.78 is 12.2. The number of hydrogen-bond acceptors (Lipinski definition) is 4. The van der Waals surface area contributed by atoms with E-state index in [2.05, 4.69) is 28.2 Å². The minimum Gasteiger partial charge on any atom is -0.508 e. The van der Waals surface area contributed by atoms with Crippen molar-refractivity contribution >= 4 is 21.6 Å². The van der Waals surface area contributed by atoms with Crippen LogP contribution in [0, 0.1) is 0 Å². The van der Waals surface area contributed by atoms with Gasteiger partial charge in [-0.3, -0.25) is 0 Å². The second-order valence-corrected chi connectivity index (χ2v) is 5.66. The second-order valence-electron chi connectivity index (χ2n) is 4.81. The van der Waals surface area contributed by atoms with Crippen LogP contribution in [0.3, 0.4) is 0 Å². The summed E-state index contributed by atoms with van der Waals surface area (Å²) in [6.07, 6.45) is 0.931. The number of hydrogen-bond donors (Lipinski definition) is 2. The van der Waals surface area contributed by atoms with Crippen molar-refractivity contribution in [2.45, 2.75) is 19.9 Å². The Labute approximate surface area is 139 Å². The molecule has 5 heteroatoms. The van der Waals surface area contributed by atoms with E-state index in [4.69, 9.17) is 9.47 Å². The summed E-state index contributed by atoms with van der Waals surface area (Å²) in [5.41, 5.74) is 1.93. The van der Waals surface area contributed by atoms with E-state index in [0.717, 1.165) is 33.6 Å². The lowest BCUT2D eigenvalue weighted by atomic mass is 10.1. The molecule has 0 amide bonds. The van der Waals surface area contributed by atoms with E-state index in [1.807, 2.05) is 24.3 Å². The summed E-state index contributed by atoms with van der Waals surface area (Å²) in [5, 5.41) is 12.6. The lowest BCUT2D eigenvalue weighted by Crippen LogP contribution is -2.06. The average molecular weight is 366 g/mol. The summed E-state index contributed by atoms with van der Waals surface area (Å²) in [7, 11) is 1.64. The topological polar surface area (TPSA) is 50.7 Å². The summed E-state index contributed by atoms with van der Waals surface area (Å²) in [4.78, 5) is 0. The molecule has 0 aliphatic heterocycles. The van der Waals surface area contributed by atoms with Crippen molar-refractivity contribution in [3.8, 4) is 17.2 Å². The van der Waals surface area contributed by atoms with Crippen LogP contribution in [-0.2, 0) is 6.54 Å². The van der Waals surface area contributed by atoms with Gasteiger partial charge in [0.15, 0.2) is 11.5 Å². The number of methoxy groups -OCH3 is 1. The van der Waals surface area contributed by atoms with Crippen LogP contribution in [0.5, 0.6) is 17.2 Å². The Bertz CT molecular complexity index is 614. The Kier molecular flexibility index (Phi) is 5.95. The minimum atomic E-state index is 0.250. The van der Waals surface area contributed by atoms with Gasteiger partial charge in [-0.1, -0.05) is 22.9 Å². The van der Waals surface area contributed by atoms with Crippen LogP contribution < -0.4 is 14.8 Å². The molecule has 0 fully saturated rings. The summed E-state index contributed by atoms with van der Waals surface area (Å²) in [5.74, 6) is 1.73. The smallest absolute Gasteiger partial charge is 0.167 e. The molecule has 0 atom stereocenters. The van der Waals surface area contributed by atoms with Crippen molar-refractivity contribution in [1.82, 2.24) is 0 Å². The van der Waals surface area contributed by atoms with Crippen LogP contribution in [0.4, 0.5) is 5.69 Å². The van der Waals surface area contributed by atoms with Crippen LogP contribution in [0.2, 0.25) is 0 Å². The number of rotatable bonds is 7. The monoisotopic (exact) mass is 365 g/mol. The number of anilines is 1. The molecule has 0 unspecified atom stereocenters. The molecule has 22 heavy (non-hydrogen) atoms. The highest BCUT2D eigenvalue weighted by atomic mass is 79.9. The number of nitrogens with one attached hydrogen (secondary N) is 1. The molecule has 0 spiro atoms. The molecule has 0 aliphatic rings. The molecule has 0 aliphatic carbocycles. The summed E-state index contributed by atoms with van der Waals surface area (Å²) in [6.45, 7) is 3.29. The molecule has 0 saturated heterocycles. The first-order valence-corrected chi connectivity index (χ1v) is 7.96. The number of aromatic hydroxyl groups is 1. The predicted octanol–water partition coefficient (Wildman–Crippen LogP) is 4.56. The second kappa shape index (κ2) is 7.94. The Morgan fingerprint density at radius 1 is 1.14 bits per heavy atom. The highest BCUT2D eigenvalue weighted by Crippen LogP contribution is 2.37. The predicted molar refractivity (Wildman–Crippen MR) is 91.9 cm³/mol. The molecular formula is C17H20BrNO3. The molecule has 2 aromatic rings. The Morgan fingerprint density at radius 3 is 2.50 bits per heavy atom. The third-order valence-electron chi connectivity index (χ3n) is 3.17. The van der Waals surface area contributed by atoms with Gasteiger partial charge >= 0.3 is 0 Å². The van der Waals surface area contributed by atoms with E-state index in [1.165, 1.54) is 0 Å². The van der Waals surface area contributed by atoms with Crippen LogP contribution >= 0.6 is 15.9 Å². The maximum atomic E-state index is 9.32. The number of halogens is 1. The van der Waals surface area contributed by atoms with Gasteiger partial charge in [0.05, 0.1) is 13.7 Å². The lowest BCUT2D eigenvalue weighted by Gasteiger charge is -2.17. The largest absolute Gasteiger partial charge is 0.508 e. The van der Waals surface area contributed by atoms with Gasteiger partial charge in [0.1, 0.15) is 5.75 Å². The normalized spacial score (nSPS) is 10.3. The molecule has 0 heterocycles. The zero-order valence-electron chi connectivity index (χ0n) is 12.7. The van der Waals surface area contributed by atoms with E-state index in [0.29, 0.717) is 13.2 Å². The number of ether oxygens (including phenoxy) is 2. The summed E-state index contributed by atoms with van der Waals surface area (Å²) >= 11 is 3.57. The van der Waals surface area contributed by atoms with Crippen molar-refractivity contribution in [3.63, 3.8) is 0 Å². The molecule has 0 saturated carbocycles. The highest BCUT2D eigenvalue weighted by molar-refractivity contribution is 9.10. The van der Waals surface area contributed by atoms with Gasteiger partial charge in [-0.25, -0.2) is 0 Å². The average Bonchev–Trinajstić information content (AvgIpc) is 2.53. The van der Waals surface area contributed by atoms with Gasteiger partial charge < -0.3 is 19.9 Å². The van der Waals surface area contributed by atoms with Crippen LogP contribution in [0.1, 0.15) is 18.9 Å². The molecule has 0 bridgehead atoms. The Hall–Kier alpha value is -1.88. The molecule has 0 radical (unpaired) electrons. The highest BCUT2D eigenvalue weighted by Gasteiger charge is 2.14. The summed E-state index contributed by atoms with van der Waals surface area (Å²) in [6, 6.07) is 10.8. The molecule has 2 aromatic carbocycles. The van der Waals surface area contributed by atoms with Crippen molar-refractivity contribution < 1.29 is 14.6 Å². The van der Waals surface area contributed by atoms with E-state index in [-0.39, 0.29) is 5.75 Å². The molecule has 2 N–H and O–H groups in total. The van der Waals surface area contributed by atoms with Gasteiger partial charge in [-0.05, 0) is 42.8 Å². The third kappa shape index (κ3) is 4.07. The quantitative estimate of drug-likeness (QED) is 0.705. The van der Waals surface area contributed by atoms with Crippen LogP contribution in [0.15, 0.2) is 40.9 Å². The van der Waals surface area contributed by atoms with Gasteiger partial charge in [0.25, 0.3) is 0 Å². The van der Waals surface area contributed by atoms with Crippen molar-refractivity contribution in [3.05, 3.63) is 46.4 Å². The number of phenols is 1. The van der Waals surface area contributed by atoms with Crippen LogP contribution in [0.25, 0.3) is 0 Å². The molecule has 0 aromatic heterocycles. The fourth-order valence-electron chi connectivity index (χ4n) is 2.04. The first-order chi connectivity index (χ1) is 10.7. The lowest BCUT2D eigenvalue weighted by molar-refractivity contribution is 0.291. The molecule has 4 nitrogen and oxygen atoms in total. The van der Waals surface area contributed by atoms with E-state index < -0.39 is 0 Å². The SMILES string of the molecule is CCCOc1c(OC)ccc(Br)c1CNc1ccc(O)cc1. The number of benzene rings is 2. The van der Waals surface area contributed by atoms with E-state index in [9.17, 15) is 5.11 Å². The number of phenolic OH excluding ortho intramolecular Hbond substituents is 1. The van der Waals surface area contributed by atoms with Crippen molar-refractivity contribution in [1.29, 1.82) is 0 Å². The molecular weight excluding hydrogens is 346 g/mol. The third-order valence-corrected chi connectivity index (χ3v) is 3.92. The van der Waals surface area contributed by atoms with Gasteiger partial charge in [0, 0.05) is 22.3 Å². The van der Waals surface area contributed by atoms with Crippen molar-refractivity contribution in [2.75, 3.05) is 19.0 Å². The molecule has 2 rings (SSSR count). The maximum absolute atomic E-state index is 9.32. The Balaban J connectivity index is 2.22. The van der Waals surface area contributed by atoms with E-state index >= 15 is 0 Å². The zero-order valence-corrected chi connectivity index (χ0v) is 14.3. The first-order valence-electron chi connectivity index (χ1n) is 7.16. The van der Waals surface area contributed by atoms with Gasteiger partial charge in [-0.15, -0.1) is 0 Å².